The lowest BCUT2D eigenvalue weighted by Crippen LogP contribution is -2.33. The molecule has 12 nitrogen and oxygen atoms in total. The molecule has 0 unspecified atom stereocenters. The molecule has 0 saturated heterocycles. The molecule has 1 N–H and O–H groups in total. The first-order valence-corrected chi connectivity index (χ1v) is 13.1. The first-order valence-electron chi connectivity index (χ1n) is 11.2. The van der Waals surface area contributed by atoms with Crippen LogP contribution in [0.5, 0.6) is 5.88 Å². The van der Waals surface area contributed by atoms with Crippen molar-refractivity contribution < 1.29 is 17.9 Å². The van der Waals surface area contributed by atoms with Crippen LogP contribution in [0.4, 0.5) is 5.95 Å². The van der Waals surface area contributed by atoms with Crippen molar-refractivity contribution in [2.24, 2.45) is 0 Å². The zero-order chi connectivity index (χ0) is 26.4. The molecule has 4 heterocycles. The summed E-state index contributed by atoms with van der Waals surface area (Å²) in [6.45, 7) is 1.85. The Labute approximate surface area is 219 Å². The second-order valence-corrected chi connectivity index (χ2v) is 10.4. The van der Waals surface area contributed by atoms with E-state index in [4.69, 9.17) is 21.1 Å². The van der Waals surface area contributed by atoms with Gasteiger partial charge in [-0.15, -0.1) is 10.2 Å². The molecule has 0 amide bonds. The smallest absolute Gasteiger partial charge is 0.240 e. The van der Waals surface area contributed by atoms with Crippen molar-refractivity contribution in [2.75, 3.05) is 18.9 Å². The van der Waals surface area contributed by atoms with Gasteiger partial charge < -0.3 is 9.47 Å². The first kappa shape index (κ1) is 26.4. The summed E-state index contributed by atoms with van der Waals surface area (Å²) in [5.41, 5.74) is 1.43. The van der Waals surface area contributed by atoms with Crippen LogP contribution in [0.3, 0.4) is 0 Å². The zero-order valence-electron chi connectivity index (χ0n) is 20.3. The lowest BCUT2D eigenvalue weighted by Gasteiger charge is -2.22. The van der Waals surface area contributed by atoms with E-state index >= 15 is 0 Å². The lowest BCUT2D eigenvalue weighted by atomic mass is 10.2. The summed E-state index contributed by atoms with van der Waals surface area (Å²) in [6.07, 6.45) is 5.78. The molecule has 4 rings (SSSR count). The van der Waals surface area contributed by atoms with Crippen molar-refractivity contribution in [3.05, 3.63) is 71.5 Å². The van der Waals surface area contributed by atoms with Gasteiger partial charge in [0.25, 0.3) is 0 Å². The number of aryl methyl sites for hydroxylation is 1. The molecule has 14 heteroatoms. The second kappa shape index (κ2) is 11.6. The molecule has 2 atom stereocenters. The molecule has 37 heavy (non-hydrogen) atoms. The predicted octanol–water partition coefficient (Wildman–Crippen LogP) is 2.95. The van der Waals surface area contributed by atoms with Gasteiger partial charge in [0.2, 0.25) is 21.9 Å². The Balaban J connectivity index is 1.66. The van der Waals surface area contributed by atoms with Gasteiger partial charge in [0.1, 0.15) is 17.0 Å². The van der Waals surface area contributed by atoms with Gasteiger partial charge in [-0.2, -0.15) is 0 Å². The normalized spacial score (nSPS) is 13.2. The highest BCUT2D eigenvalue weighted by Crippen LogP contribution is 2.27. The van der Waals surface area contributed by atoms with Gasteiger partial charge in [-0.05, 0) is 31.0 Å². The van der Waals surface area contributed by atoms with E-state index in [0.29, 0.717) is 35.4 Å². The molecule has 0 aliphatic carbocycles. The standard InChI is InChI=1S/C23H25ClN8O4S/c1-15(20(36-3)21-26-13-17(24)14-27-21)37(33,34)31-23-30-29-22(18-7-4-8-19(28-18)35-2)32(23)11-9-16-6-5-10-25-12-16/h4-8,10,12-15,20H,9,11H2,1-3H3,(H,30,31)/t15-,20-/m0/s1. The summed E-state index contributed by atoms with van der Waals surface area (Å²) >= 11 is 5.87. The van der Waals surface area contributed by atoms with Crippen molar-refractivity contribution in [3.8, 4) is 17.4 Å². The Bertz CT molecular complexity index is 1430. The number of nitrogens with zero attached hydrogens (tertiary/aromatic N) is 7. The zero-order valence-corrected chi connectivity index (χ0v) is 21.9. The van der Waals surface area contributed by atoms with E-state index < -0.39 is 21.4 Å². The SMILES string of the molecule is COc1cccc(-c2nnc(NS(=O)(=O)[C@@H](C)[C@H](OC)c3ncc(Cl)cn3)n2CCc2cccnc2)n1. The van der Waals surface area contributed by atoms with Crippen LogP contribution in [0.15, 0.2) is 55.1 Å². The van der Waals surface area contributed by atoms with Crippen LogP contribution < -0.4 is 9.46 Å². The molecular formula is C23H25ClN8O4S. The summed E-state index contributed by atoms with van der Waals surface area (Å²) in [4.78, 5) is 16.8. The van der Waals surface area contributed by atoms with Gasteiger partial charge in [-0.25, -0.2) is 23.4 Å². The number of anilines is 1. The largest absolute Gasteiger partial charge is 0.481 e. The quantitative estimate of drug-likeness (QED) is 0.299. The third kappa shape index (κ3) is 6.18. The van der Waals surface area contributed by atoms with E-state index in [1.807, 2.05) is 12.1 Å². The molecule has 0 aliphatic rings. The second-order valence-electron chi connectivity index (χ2n) is 7.94. The molecule has 0 bridgehead atoms. The van der Waals surface area contributed by atoms with Gasteiger partial charge in [0.15, 0.2) is 11.6 Å². The van der Waals surface area contributed by atoms with E-state index in [1.54, 1.807) is 35.2 Å². The Hall–Kier alpha value is -3.68. The monoisotopic (exact) mass is 544 g/mol. The van der Waals surface area contributed by atoms with Gasteiger partial charge >= 0.3 is 0 Å². The maximum Gasteiger partial charge on any atom is 0.240 e. The number of methoxy groups -OCH3 is 2. The van der Waals surface area contributed by atoms with Crippen LogP contribution in [0.2, 0.25) is 5.02 Å². The molecule has 0 aliphatic heterocycles. The number of pyridine rings is 2. The fourth-order valence-electron chi connectivity index (χ4n) is 3.58. The summed E-state index contributed by atoms with van der Waals surface area (Å²) in [6, 6.07) is 8.98. The fourth-order valence-corrected chi connectivity index (χ4v) is 4.83. The Morgan fingerprint density at radius 1 is 1.08 bits per heavy atom. The maximum absolute atomic E-state index is 13.4. The number of hydrogen-bond acceptors (Lipinski definition) is 10. The summed E-state index contributed by atoms with van der Waals surface area (Å²) in [5.74, 6) is 0.977. The average Bonchev–Trinajstić information content (AvgIpc) is 3.31. The van der Waals surface area contributed by atoms with Crippen LogP contribution >= 0.6 is 11.6 Å². The molecule has 0 aromatic carbocycles. The van der Waals surface area contributed by atoms with E-state index in [0.717, 1.165) is 5.56 Å². The predicted molar refractivity (Wildman–Crippen MR) is 137 cm³/mol. The highest BCUT2D eigenvalue weighted by Gasteiger charge is 2.34. The summed E-state index contributed by atoms with van der Waals surface area (Å²) in [7, 11) is -1.14. The van der Waals surface area contributed by atoms with Gasteiger partial charge in [0, 0.05) is 44.5 Å². The average molecular weight is 545 g/mol. The molecule has 4 aromatic heterocycles. The van der Waals surface area contributed by atoms with Crippen molar-refractivity contribution in [1.82, 2.24) is 34.7 Å². The van der Waals surface area contributed by atoms with Gasteiger partial charge in [-0.3, -0.25) is 14.3 Å². The number of halogens is 1. The number of aromatic nitrogens is 7. The lowest BCUT2D eigenvalue weighted by molar-refractivity contribution is 0.0950. The van der Waals surface area contributed by atoms with E-state index in [-0.39, 0.29) is 11.8 Å². The molecule has 194 valence electrons. The van der Waals surface area contributed by atoms with Gasteiger partial charge in [0.05, 0.1) is 12.1 Å². The van der Waals surface area contributed by atoms with Crippen molar-refractivity contribution in [3.63, 3.8) is 0 Å². The number of rotatable bonds is 11. The highest BCUT2D eigenvalue weighted by molar-refractivity contribution is 7.93. The van der Waals surface area contributed by atoms with E-state index in [1.165, 1.54) is 33.5 Å². The highest BCUT2D eigenvalue weighted by atomic mass is 35.5. The molecule has 0 spiro atoms. The number of nitrogens with one attached hydrogen (secondary N) is 1. The van der Waals surface area contributed by atoms with Crippen LogP contribution in [0, 0.1) is 0 Å². The van der Waals surface area contributed by atoms with Crippen LogP contribution in [-0.2, 0) is 27.7 Å². The Morgan fingerprint density at radius 3 is 2.54 bits per heavy atom. The minimum atomic E-state index is -4.04. The minimum Gasteiger partial charge on any atom is -0.481 e. The van der Waals surface area contributed by atoms with Crippen molar-refractivity contribution >= 4 is 27.6 Å². The first-order chi connectivity index (χ1) is 17.8. The number of sulfonamides is 1. The minimum absolute atomic E-state index is 0.0298. The molecule has 4 aromatic rings. The maximum atomic E-state index is 13.4. The topological polar surface area (TPSA) is 147 Å². The number of hydrogen-bond donors (Lipinski definition) is 1. The number of ether oxygens (including phenoxy) is 2. The summed E-state index contributed by atoms with van der Waals surface area (Å²) < 4.78 is 41.7. The Kier molecular flexibility index (Phi) is 8.26. The fraction of sp³-hybridized carbons (Fsp3) is 0.304. The third-order valence-corrected chi connectivity index (χ3v) is 7.45. The summed E-state index contributed by atoms with van der Waals surface area (Å²) in [5, 5.41) is 7.61. The van der Waals surface area contributed by atoms with Gasteiger partial charge in [-0.1, -0.05) is 23.7 Å². The van der Waals surface area contributed by atoms with Crippen LogP contribution in [-0.4, -0.2) is 62.6 Å². The third-order valence-electron chi connectivity index (χ3n) is 5.56. The van der Waals surface area contributed by atoms with E-state index in [2.05, 4.69) is 34.9 Å². The molecular weight excluding hydrogens is 520 g/mol. The van der Waals surface area contributed by atoms with Crippen molar-refractivity contribution in [1.29, 1.82) is 0 Å². The van der Waals surface area contributed by atoms with Crippen LogP contribution in [0.1, 0.15) is 24.4 Å². The van der Waals surface area contributed by atoms with Crippen molar-refractivity contribution in [2.45, 2.75) is 31.2 Å². The van der Waals surface area contributed by atoms with Crippen LogP contribution in [0.25, 0.3) is 11.5 Å². The van der Waals surface area contributed by atoms with E-state index in [9.17, 15) is 8.42 Å². The molecule has 0 saturated carbocycles. The molecule has 0 radical (unpaired) electrons. The molecule has 0 fully saturated rings. The Morgan fingerprint density at radius 2 is 1.86 bits per heavy atom.